The fourth-order valence-corrected chi connectivity index (χ4v) is 3.65. The summed E-state index contributed by atoms with van der Waals surface area (Å²) >= 11 is 0. The Morgan fingerprint density at radius 2 is 2.19 bits per heavy atom. The molecule has 1 saturated heterocycles. The van der Waals surface area contributed by atoms with Gasteiger partial charge in [-0.15, -0.1) is 0 Å². The molecule has 2 heterocycles. The molecular weight excluding hydrogens is 262 g/mol. The second-order valence-corrected chi connectivity index (χ2v) is 7.31. The lowest BCUT2D eigenvalue weighted by Gasteiger charge is -2.40. The molecule has 0 aliphatic carbocycles. The van der Waals surface area contributed by atoms with E-state index in [2.05, 4.69) is 33.0 Å². The second-order valence-electron chi connectivity index (χ2n) is 7.31. The first-order chi connectivity index (χ1) is 9.98. The van der Waals surface area contributed by atoms with Gasteiger partial charge in [0, 0.05) is 6.61 Å². The molecule has 0 spiro atoms. The predicted octanol–water partition coefficient (Wildman–Crippen LogP) is 4.24. The van der Waals surface area contributed by atoms with Crippen molar-refractivity contribution in [2.75, 3.05) is 13.2 Å². The van der Waals surface area contributed by atoms with Crippen molar-refractivity contribution in [1.29, 1.82) is 0 Å². The van der Waals surface area contributed by atoms with Crippen molar-refractivity contribution < 1.29 is 9.15 Å². The van der Waals surface area contributed by atoms with Crippen LogP contribution in [0.4, 0.5) is 0 Å². The van der Waals surface area contributed by atoms with Gasteiger partial charge >= 0.3 is 0 Å². The Morgan fingerprint density at radius 1 is 1.38 bits per heavy atom. The maximum Gasteiger partial charge on any atom is 0.117 e. The van der Waals surface area contributed by atoms with Gasteiger partial charge in [-0.3, -0.25) is 0 Å². The minimum absolute atomic E-state index is 0.0532. The van der Waals surface area contributed by atoms with E-state index >= 15 is 0 Å². The number of hydrogen-bond acceptors (Lipinski definition) is 3. The van der Waals surface area contributed by atoms with Gasteiger partial charge in [-0.1, -0.05) is 13.8 Å². The van der Waals surface area contributed by atoms with Crippen LogP contribution in [-0.4, -0.2) is 18.8 Å². The highest BCUT2D eigenvalue weighted by Crippen LogP contribution is 2.37. The summed E-state index contributed by atoms with van der Waals surface area (Å²) in [4.78, 5) is 0. The number of furan rings is 1. The molecule has 3 nitrogen and oxygen atoms in total. The lowest BCUT2D eigenvalue weighted by atomic mass is 9.73. The summed E-state index contributed by atoms with van der Waals surface area (Å²) in [6, 6.07) is 3.96. The van der Waals surface area contributed by atoms with Crippen molar-refractivity contribution in [3.63, 3.8) is 0 Å². The molecule has 1 fully saturated rings. The molecule has 0 saturated carbocycles. The number of hydrogen-bond donors (Lipinski definition) is 1. The van der Waals surface area contributed by atoms with E-state index < -0.39 is 0 Å². The Morgan fingerprint density at radius 3 is 2.81 bits per heavy atom. The summed E-state index contributed by atoms with van der Waals surface area (Å²) < 4.78 is 11.2. The van der Waals surface area contributed by atoms with Crippen molar-refractivity contribution >= 4 is 0 Å². The smallest absolute Gasteiger partial charge is 0.117 e. The van der Waals surface area contributed by atoms with Gasteiger partial charge in [0.2, 0.25) is 0 Å². The highest BCUT2D eigenvalue weighted by Gasteiger charge is 2.34. The third-order valence-corrected chi connectivity index (χ3v) is 4.73. The van der Waals surface area contributed by atoms with E-state index in [0.717, 1.165) is 43.2 Å². The summed E-state index contributed by atoms with van der Waals surface area (Å²) in [5.41, 5.74) is 0.0532. The average molecular weight is 293 g/mol. The summed E-state index contributed by atoms with van der Waals surface area (Å²) in [6.07, 6.45) is 5.37. The van der Waals surface area contributed by atoms with Gasteiger partial charge in [0.05, 0.1) is 18.4 Å². The molecule has 120 valence electrons. The molecule has 1 aromatic rings. The molecule has 0 amide bonds. The Labute approximate surface area is 129 Å². The van der Waals surface area contributed by atoms with E-state index in [1.54, 1.807) is 6.26 Å². The summed E-state index contributed by atoms with van der Waals surface area (Å²) in [6.45, 7) is 12.0. The maximum atomic E-state index is 5.87. The van der Waals surface area contributed by atoms with E-state index in [1.165, 1.54) is 19.3 Å². The van der Waals surface area contributed by atoms with Crippen molar-refractivity contribution in [2.24, 2.45) is 17.8 Å². The summed E-state index contributed by atoms with van der Waals surface area (Å²) in [7, 11) is 0. The highest BCUT2D eigenvalue weighted by molar-refractivity contribution is 4.97. The molecule has 0 bridgehead atoms. The Hall–Kier alpha value is -0.800. The van der Waals surface area contributed by atoms with Crippen molar-refractivity contribution in [3.05, 3.63) is 24.2 Å². The minimum Gasteiger partial charge on any atom is -0.468 e. The van der Waals surface area contributed by atoms with E-state index in [0.29, 0.717) is 0 Å². The van der Waals surface area contributed by atoms with Gasteiger partial charge < -0.3 is 14.5 Å². The van der Waals surface area contributed by atoms with Crippen LogP contribution in [0.15, 0.2) is 22.8 Å². The molecule has 1 N–H and O–H groups in total. The molecule has 21 heavy (non-hydrogen) atoms. The molecule has 1 aliphatic rings. The topological polar surface area (TPSA) is 34.4 Å². The van der Waals surface area contributed by atoms with Crippen LogP contribution in [0.3, 0.4) is 0 Å². The number of rotatable bonds is 7. The zero-order valence-electron chi connectivity index (χ0n) is 14.0. The quantitative estimate of drug-likeness (QED) is 0.764. The minimum atomic E-state index is 0.0532. The molecule has 0 unspecified atom stereocenters. The normalized spacial score (nSPS) is 23.4. The van der Waals surface area contributed by atoms with Crippen LogP contribution in [0.2, 0.25) is 0 Å². The fraction of sp³-hybridized carbons (Fsp3) is 0.778. The third-order valence-electron chi connectivity index (χ3n) is 4.73. The molecular formula is C18H31NO2. The van der Waals surface area contributed by atoms with Crippen LogP contribution >= 0.6 is 0 Å². The Bertz CT molecular complexity index is 397. The van der Waals surface area contributed by atoms with Crippen LogP contribution in [-0.2, 0) is 11.3 Å². The largest absolute Gasteiger partial charge is 0.468 e. The van der Waals surface area contributed by atoms with Crippen LogP contribution in [0.1, 0.15) is 52.7 Å². The van der Waals surface area contributed by atoms with Gasteiger partial charge in [0.1, 0.15) is 5.76 Å². The average Bonchev–Trinajstić information content (AvgIpc) is 2.90. The summed E-state index contributed by atoms with van der Waals surface area (Å²) in [5, 5.41) is 3.51. The van der Waals surface area contributed by atoms with Crippen molar-refractivity contribution in [2.45, 2.75) is 59.1 Å². The van der Waals surface area contributed by atoms with Crippen LogP contribution in [0, 0.1) is 17.8 Å². The lowest BCUT2D eigenvalue weighted by Crippen LogP contribution is -2.38. The van der Waals surface area contributed by atoms with Crippen LogP contribution in [0.5, 0.6) is 0 Å². The number of ether oxygens (including phenoxy) is 1. The van der Waals surface area contributed by atoms with E-state index in [4.69, 9.17) is 9.15 Å². The molecule has 1 aromatic heterocycles. The fourth-order valence-electron chi connectivity index (χ4n) is 3.65. The summed E-state index contributed by atoms with van der Waals surface area (Å²) in [5.74, 6) is 3.31. The first kappa shape index (κ1) is 16.6. The SMILES string of the molecule is CC(C)[C@@H](CCNCc1ccco1)[C@@H]1CCOC(C)(C)C1. The molecule has 0 radical (unpaired) electrons. The molecule has 1 aliphatic heterocycles. The molecule has 0 aromatic carbocycles. The molecule has 2 atom stereocenters. The van der Waals surface area contributed by atoms with Gasteiger partial charge in [0.25, 0.3) is 0 Å². The third kappa shape index (κ3) is 5.15. The van der Waals surface area contributed by atoms with Crippen LogP contribution in [0.25, 0.3) is 0 Å². The van der Waals surface area contributed by atoms with E-state index in [9.17, 15) is 0 Å². The number of nitrogens with one attached hydrogen (secondary N) is 1. The molecule has 2 rings (SSSR count). The van der Waals surface area contributed by atoms with Crippen LogP contribution < -0.4 is 5.32 Å². The second kappa shape index (κ2) is 7.46. The lowest BCUT2D eigenvalue weighted by molar-refractivity contribution is -0.0867. The Kier molecular flexibility index (Phi) is 5.88. The monoisotopic (exact) mass is 293 g/mol. The first-order valence-corrected chi connectivity index (χ1v) is 8.35. The zero-order valence-corrected chi connectivity index (χ0v) is 14.0. The van der Waals surface area contributed by atoms with Gasteiger partial charge in [0.15, 0.2) is 0 Å². The van der Waals surface area contributed by atoms with E-state index in [-0.39, 0.29) is 5.60 Å². The first-order valence-electron chi connectivity index (χ1n) is 8.35. The van der Waals surface area contributed by atoms with Crippen molar-refractivity contribution in [1.82, 2.24) is 5.32 Å². The molecule has 3 heteroatoms. The maximum absolute atomic E-state index is 5.87. The van der Waals surface area contributed by atoms with Gasteiger partial charge in [-0.25, -0.2) is 0 Å². The van der Waals surface area contributed by atoms with Crippen molar-refractivity contribution in [3.8, 4) is 0 Å². The predicted molar refractivity (Wildman–Crippen MR) is 86.1 cm³/mol. The standard InChI is InChI=1S/C18H31NO2/c1-14(2)17(15-8-11-21-18(3,4)12-15)7-9-19-13-16-6-5-10-20-16/h5-6,10,14-15,17,19H,7-9,11-13H2,1-4H3/t15-,17-/m1/s1. The van der Waals surface area contributed by atoms with E-state index in [1.807, 2.05) is 12.1 Å². The van der Waals surface area contributed by atoms with Gasteiger partial charge in [-0.2, -0.15) is 0 Å². The Balaban J connectivity index is 1.78. The highest BCUT2D eigenvalue weighted by atomic mass is 16.5. The van der Waals surface area contributed by atoms with Gasteiger partial charge in [-0.05, 0) is 69.5 Å². The zero-order chi connectivity index (χ0) is 15.3.